The standard InChI is InChI=1S/C5H10O2/c1-4(6)3-5(2)7/h4-7H,1-3H2. The van der Waals surface area contributed by atoms with Gasteiger partial charge in [0.2, 0.25) is 0 Å². The lowest BCUT2D eigenvalue weighted by Gasteiger charge is -2.03. The molecule has 0 aliphatic carbocycles. The van der Waals surface area contributed by atoms with Crippen LogP contribution in [-0.2, 0) is 0 Å². The van der Waals surface area contributed by atoms with Crippen molar-refractivity contribution in [3.05, 3.63) is 13.8 Å². The van der Waals surface area contributed by atoms with Crippen LogP contribution in [0.1, 0.15) is 6.42 Å². The third kappa shape index (κ3) is 5.92. The lowest BCUT2D eigenvalue weighted by Crippen LogP contribution is -2.10. The van der Waals surface area contributed by atoms with E-state index in [1.807, 2.05) is 0 Å². The summed E-state index contributed by atoms with van der Waals surface area (Å²) in [7, 11) is 0. The zero-order valence-corrected chi connectivity index (χ0v) is 4.17. The second kappa shape index (κ2) is 2.99. The molecule has 0 aromatic carbocycles. The molecule has 2 nitrogen and oxygen atoms in total. The van der Waals surface area contributed by atoms with Crippen LogP contribution in [0.25, 0.3) is 0 Å². The zero-order valence-electron chi connectivity index (χ0n) is 4.17. The molecule has 0 amide bonds. The average molecular weight is 102 g/mol. The van der Waals surface area contributed by atoms with Crippen LogP contribution < -0.4 is 0 Å². The molecule has 0 fully saturated rings. The van der Waals surface area contributed by atoms with Crippen LogP contribution in [0.4, 0.5) is 0 Å². The van der Waals surface area contributed by atoms with Gasteiger partial charge in [0.05, 0.1) is 12.2 Å². The zero-order chi connectivity index (χ0) is 5.86. The highest BCUT2D eigenvalue weighted by Crippen LogP contribution is 1.92. The molecule has 0 bridgehead atoms. The van der Waals surface area contributed by atoms with Crippen molar-refractivity contribution in [2.75, 3.05) is 0 Å². The number of aliphatic hydroxyl groups excluding tert-OH is 2. The van der Waals surface area contributed by atoms with E-state index in [2.05, 4.69) is 13.8 Å². The Hall–Kier alpha value is -0.0800. The maximum absolute atomic E-state index is 8.41. The molecule has 2 unspecified atom stereocenters. The summed E-state index contributed by atoms with van der Waals surface area (Å²) in [6.07, 6.45) is -1.13. The third-order valence-electron chi connectivity index (χ3n) is 0.544. The second-order valence-corrected chi connectivity index (χ2v) is 1.54. The molecule has 0 saturated heterocycles. The summed E-state index contributed by atoms with van der Waals surface area (Å²) in [5.74, 6) is 0. The van der Waals surface area contributed by atoms with Gasteiger partial charge >= 0.3 is 0 Å². The van der Waals surface area contributed by atoms with Crippen LogP contribution in [0.15, 0.2) is 0 Å². The Labute approximate surface area is 43.8 Å². The summed E-state index contributed by atoms with van der Waals surface area (Å²) in [5.41, 5.74) is 0. The van der Waals surface area contributed by atoms with Crippen LogP contribution in [0, 0.1) is 13.8 Å². The minimum absolute atomic E-state index is 0.250. The lowest BCUT2D eigenvalue weighted by atomic mass is 10.2. The van der Waals surface area contributed by atoms with Crippen LogP contribution in [0.5, 0.6) is 0 Å². The summed E-state index contributed by atoms with van der Waals surface area (Å²) in [6.45, 7) is 6.47. The Morgan fingerprint density at radius 2 is 1.43 bits per heavy atom. The molecule has 0 aliphatic heterocycles. The van der Waals surface area contributed by atoms with Gasteiger partial charge in [-0.15, -0.1) is 0 Å². The van der Waals surface area contributed by atoms with E-state index in [4.69, 9.17) is 10.2 Å². The number of aliphatic hydroxyl groups is 2. The highest BCUT2D eigenvalue weighted by molar-refractivity contribution is 4.65. The molecule has 2 heteroatoms. The van der Waals surface area contributed by atoms with Gasteiger partial charge in [-0.25, -0.2) is 0 Å². The van der Waals surface area contributed by atoms with E-state index in [9.17, 15) is 0 Å². The molecule has 0 heterocycles. The fraction of sp³-hybridized carbons (Fsp3) is 0.600. The SMILES string of the molecule is [CH2]C(O)CC([CH2])O. The Morgan fingerprint density at radius 3 is 1.43 bits per heavy atom. The molecule has 0 saturated carbocycles. The first-order valence-corrected chi connectivity index (χ1v) is 2.15. The summed E-state index contributed by atoms with van der Waals surface area (Å²) < 4.78 is 0. The minimum Gasteiger partial charge on any atom is -0.393 e. The maximum atomic E-state index is 8.41. The van der Waals surface area contributed by atoms with Gasteiger partial charge in [0.1, 0.15) is 0 Å². The van der Waals surface area contributed by atoms with Crippen molar-refractivity contribution in [3.8, 4) is 0 Å². The molecule has 0 rings (SSSR count). The third-order valence-corrected chi connectivity index (χ3v) is 0.544. The van der Waals surface area contributed by atoms with Crippen LogP contribution in [-0.4, -0.2) is 22.4 Å². The predicted molar refractivity (Wildman–Crippen MR) is 27.3 cm³/mol. The number of hydrogen-bond donors (Lipinski definition) is 2. The fourth-order valence-corrected chi connectivity index (χ4v) is 0.314. The van der Waals surface area contributed by atoms with Gasteiger partial charge < -0.3 is 10.2 Å². The minimum atomic E-state index is -0.688. The van der Waals surface area contributed by atoms with E-state index in [0.717, 1.165) is 0 Å². The van der Waals surface area contributed by atoms with Gasteiger partial charge in [-0.05, 0) is 20.3 Å². The van der Waals surface area contributed by atoms with Crippen LogP contribution >= 0.6 is 0 Å². The van der Waals surface area contributed by atoms with Gasteiger partial charge in [-0.2, -0.15) is 0 Å². The molecule has 42 valence electrons. The van der Waals surface area contributed by atoms with Gasteiger partial charge in [0.25, 0.3) is 0 Å². The molecular weight excluding hydrogens is 92.1 g/mol. The van der Waals surface area contributed by atoms with Crippen LogP contribution in [0.3, 0.4) is 0 Å². The van der Waals surface area contributed by atoms with Crippen molar-refractivity contribution in [2.45, 2.75) is 18.6 Å². The first-order valence-electron chi connectivity index (χ1n) is 2.15. The van der Waals surface area contributed by atoms with E-state index in [0.29, 0.717) is 0 Å². The van der Waals surface area contributed by atoms with E-state index in [1.54, 1.807) is 0 Å². The predicted octanol–water partition coefficient (Wildman–Crippen LogP) is -0.234. The van der Waals surface area contributed by atoms with Crippen molar-refractivity contribution >= 4 is 0 Å². The highest BCUT2D eigenvalue weighted by atomic mass is 16.3. The van der Waals surface area contributed by atoms with E-state index < -0.39 is 12.2 Å². The van der Waals surface area contributed by atoms with Gasteiger partial charge in [-0.1, -0.05) is 0 Å². The highest BCUT2D eigenvalue weighted by Gasteiger charge is 1.99. The molecule has 2 atom stereocenters. The molecular formula is C5H10O2. The largest absolute Gasteiger partial charge is 0.393 e. The maximum Gasteiger partial charge on any atom is 0.0565 e. The Morgan fingerprint density at radius 1 is 1.14 bits per heavy atom. The molecule has 2 radical (unpaired) electrons. The van der Waals surface area contributed by atoms with E-state index >= 15 is 0 Å². The molecule has 0 aromatic heterocycles. The molecule has 0 spiro atoms. The van der Waals surface area contributed by atoms with Gasteiger partial charge in [0, 0.05) is 0 Å². The lowest BCUT2D eigenvalue weighted by molar-refractivity contribution is 0.130. The number of rotatable bonds is 2. The first-order chi connectivity index (χ1) is 3.13. The monoisotopic (exact) mass is 102 g/mol. The smallest absolute Gasteiger partial charge is 0.0565 e. The summed E-state index contributed by atoms with van der Waals surface area (Å²) in [6, 6.07) is 0. The van der Waals surface area contributed by atoms with Crippen molar-refractivity contribution in [1.82, 2.24) is 0 Å². The van der Waals surface area contributed by atoms with E-state index in [-0.39, 0.29) is 6.42 Å². The van der Waals surface area contributed by atoms with Gasteiger partial charge in [0.15, 0.2) is 0 Å². The quantitative estimate of drug-likeness (QED) is 0.505. The Balaban J connectivity index is 2.95. The normalized spacial score (nSPS) is 18.9. The van der Waals surface area contributed by atoms with Crippen molar-refractivity contribution < 1.29 is 10.2 Å². The fourth-order valence-electron chi connectivity index (χ4n) is 0.314. The Kier molecular flexibility index (Phi) is 2.96. The summed E-state index contributed by atoms with van der Waals surface area (Å²) >= 11 is 0. The van der Waals surface area contributed by atoms with Crippen molar-refractivity contribution in [3.63, 3.8) is 0 Å². The van der Waals surface area contributed by atoms with E-state index in [1.165, 1.54) is 0 Å². The van der Waals surface area contributed by atoms with Crippen molar-refractivity contribution in [2.24, 2.45) is 0 Å². The van der Waals surface area contributed by atoms with Crippen molar-refractivity contribution in [1.29, 1.82) is 0 Å². The Bertz CT molecular complexity index is 35.3. The number of hydrogen-bond acceptors (Lipinski definition) is 2. The average Bonchev–Trinajstić information content (AvgIpc) is 1.27. The van der Waals surface area contributed by atoms with Crippen LogP contribution in [0.2, 0.25) is 0 Å². The first kappa shape index (κ1) is 6.92. The second-order valence-electron chi connectivity index (χ2n) is 1.54. The molecule has 2 N–H and O–H groups in total. The molecule has 0 aliphatic rings. The van der Waals surface area contributed by atoms with Gasteiger partial charge in [-0.3, -0.25) is 0 Å². The summed E-state index contributed by atoms with van der Waals surface area (Å²) in [4.78, 5) is 0. The molecule has 7 heavy (non-hydrogen) atoms. The molecule has 0 aromatic rings. The topological polar surface area (TPSA) is 40.5 Å². The summed E-state index contributed by atoms with van der Waals surface area (Å²) in [5, 5.41) is 16.8.